The summed E-state index contributed by atoms with van der Waals surface area (Å²) in [6.45, 7) is 0.997. The van der Waals surface area contributed by atoms with E-state index in [0.717, 1.165) is 17.1 Å². The quantitative estimate of drug-likeness (QED) is 0.795. The molecule has 0 atom stereocenters. The van der Waals surface area contributed by atoms with Crippen molar-refractivity contribution in [3.8, 4) is 17.6 Å². The molecule has 1 aromatic rings. The van der Waals surface area contributed by atoms with Gasteiger partial charge in [0, 0.05) is 6.07 Å². The number of methoxy groups -OCH3 is 2. The first-order valence-electron chi connectivity index (χ1n) is 5.43. The Hall–Kier alpha value is -1.73. The highest BCUT2D eigenvalue weighted by Crippen LogP contribution is 2.35. The van der Waals surface area contributed by atoms with E-state index in [0.29, 0.717) is 19.6 Å². The average Bonchev–Trinajstić information content (AvgIpc) is 2.34. The minimum absolute atomic E-state index is 0.387. The second-order valence-electron chi connectivity index (χ2n) is 4.24. The Morgan fingerprint density at radius 1 is 1.35 bits per heavy atom. The van der Waals surface area contributed by atoms with Gasteiger partial charge >= 0.3 is 0 Å². The van der Waals surface area contributed by atoms with Crippen LogP contribution in [0.2, 0.25) is 0 Å². The fourth-order valence-corrected chi connectivity index (χ4v) is 1.92. The van der Waals surface area contributed by atoms with Gasteiger partial charge in [0.05, 0.1) is 33.5 Å². The van der Waals surface area contributed by atoms with Crippen LogP contribution in [0, 0.1) is 16.7 Å². The lowest BCUT2D eigenvalue weighted by molar-refractivity contribution is -0.0767. The molecule has 0 bridgehead atoms. The Morgan fingerprint density at radius 2 is 2.12 bits per heavy atom. The van der Waals surface area contributed by atoms with E-state index in [9.17, 15) is 0 Å². The van der Waals surface area contributed by atoms with Crippen LogP contribution in [0.5, 0.6) is 11.5 Å². The second-order valence-corrected chi connectivity index (χ2v) is 4.24. The molecule has 0 radical (unpaired) electrons. The second kappa shape index (κ2) is 4.64. The lowest BCUT2D eigenvalue weighted by Crippen LogP contribution is -2.43. The fourth-order valence-electron chi connectivity index (χ4n) is 1.92. The number of ether oxygens (including phenoxy) is 3. The largest absolute Gasteiger partial charge is 0.497 e. The van der Waals surface area contributed by atoms with Crippen molar-refractivity contribution < 1.29 is 14.2 Å². The fraction of sp³-hybridized carbons (Fsp3) is 0.462. The molecule has 0 N–H and O–H groups in total. The van der Waals surface area contributed by atoms with Gasteiger partial charge in [-0.05, 0) is 18.1 Å². The number of benzene rings is 1. The maximum Gasteiger partial charge on any atom is 0.125 e. The molecule has 0 unspecified atom stereocenters. The topological polar surface area (TPSA) is 51.5 Å². The Bertz CT molecular complexity index is 446. The van der Waals surface area contributed by atoms with Gasteiger partial charge in [-0.25, -0.2) is 0 Å². The highest BCUT2D eigenvalue weighted by Gasteiger charge is 2.39. The molecule has 17 heavy (non-hydrogen) atoms. The summed E-state index contributed by atoms with van der Waals surface area (Å²) in [6.07, 6.45) is 0.649. The molecule has 4 heteroatoms. The smallest absolute Gasteiger partial charge is 0.125 e. The highest BCUT2D eigenvalue weighted by atomic mass is 16.5. The summed E-state index contributed by atoms with van der Waals surface area (Å²) in [5.41, 5.74) is 0.625. The highest BCUT2D eigenvalue weighted by molar-refractivity contribution is 5.42. The van der Waals surface area contributed by atoms with Gasteiger partial charge in [0.25, 0.3) is 0 Å². The summed E-state index contributed by atoms with van der Waals surface area (Å²) in [7, 11) is 3.24. The number of rotatable bonds is 4. The first-order chi connectivity index (χ1) is 8.23. The van der Waals surface area contributed by atoms with E-state index in [1.165, 1.54) is 0 Å². The molecule has 0 aromatic heterocycles. The van der Waals surface area contributed by atoms with Gasteiger partial charge in [-0.1, -0.05) is 6.07 Å². The standard InChI is InChI=1S/C13H15NO3/c1-15-11-4-3-10(12(5-11)16-2)6-13(7-14)8-17-9-13/h3-5H,6,8-9H2,1-2H3. The molecule has 1 fully saturated rings. The van der Waals surface area contributed by atoms with Gasteiger partial charge in [-0.15, -0.1) is 0 Å². The van der Waals surface area contributed by atoms with E-state index < -0.39 is 0 Å². The molecule has 2 rings (SSSR count). The molecule has 1 aliphatic heterocycles. The summed E-state index contributed by atoms with van der Waals surface area (Å²) >= 11 is 0. The average molecular weight is 233 g/mol. The molecule has 0 aliphatic carbocycles. The molecular weight excluding hydrogens is 218 g/mol. The van der Waals surface area contributed by atoms with Crippen LogP contribution in [0.3, 0.4) is 0 Å². The van der Waals surface area contributed by atoms with E-state index in [-0.39, 0.29) is 5.41 Å². The van der Waals surface area contributed by atoms with Crippen molar-refractivity contribution in [2.45, 2.75) is 6.42 Å². The molecule has 1 aliphatic rings. The lowest BCUT2D eigenvalue weighted by atomic mass is 9.81. The van der Waals surface area contributed by atoms with E-state index in [1.54, 1.807) is 14.2 Å². The van der Waals surface area contributed by atoms with Crippen molar-refractivity contribution in [3.63, 3.8) is 0 Å². The predicted molar refractivity (Wildman–Crippen MR) is 62.1 cm³/mol. The Kier molecular flexibility index (Phi) is 3.21. The maximum absolute atomic E-state index is 9.17. The molecular formula is C13H15NO3. The first kappa shape index (κ1) is 11.7. The monoisotopic (exact) mass is 233 g/mol. The van der Waals surface area contributed by atoms with Crippen molar-refractivity contribution in [2.75, 3.05) is 27.4 Å². The summed E-state index contributed by atoms with van der Waals surface area (Å²) in [5, 5.41) is 9.17. The maximum atomic E-state index is 9.17. The van der Waals surface area contributed by atoms with Crippen LogP contribution in [-0.4, -0.2) is 27.4 Å². The van der Waals surface area contributed by atoms with Crippen molar-refractivity contribution in [2.24, 2.45) is 5.41 Å². The lowest BCUT2D eigenvalue weighted by Gasteiger charge is -2.35. The van der Waals surface area contributed by atoms with Crippen LogP contribution >= 0.6 is 0 Å². The van der Waals surface area contributed by atoms with Gasteiger partial charge in [0.2, 0.25) is 0 Å². The van der Waals surface area contributed by atoms with Crippen LogP contribution < -0.4 is 9.47 Å². The van der Waals surface area contributed by atoms with Gasteiger partial charge in [-0.2, -0.15) is 5.26 Å². The number of nitriles is 1. The molecule has 0 amide bonds. The van der Waals surface area contributed by atoms with E-state index >= 15 is 0 Å². The van der Waals surface area contributed by atoms with Crippen LogP contribution in [-0.2, 0) is 11.2 Å². The van der Waals surface area contributed by atoms with Crippen LogP contribution in [0.1, 0.15) is 5.56 Å². The van der Waals surface area contributed by atoms with Crippen molar-refractivity contribution >= 4 is 0 Å². The number of hydrogen-bond acceptors (Lipinski definition) is 4. The molecule has 0 saturated carbocycles. The van der Waals surface area contributed by atoms with Gasteiger partial charge < -0.3 is 14.2 Å². The molecule has 0 spiro atoms. The van der Waals surface area contributed by atoms with Crippen LogP contribution in [0.15, 0.2) is 18.2 Å². The van der Waals surface area contributed by atoms with Crippen molar-refractivity contribution in [3.05, 3.63) is 23.8 Å². The van der Waals surface area contributed by atoms with Crippen LogP contribution in [0.25, 0.3) is 0 Å². The van der Waals surface area contributed by atoms with Crippen LogP contribution in [0.4, 0.5) is 0 Å². The third kappa shape index (κ3) is 2.20. The van der Waals surface area contributed by atoms with Gasteiger partial charge in [-0.3, -0.25) is 0 Å². The third-order valence-electron chi connectivity index (χ3n) is 3.02. The first-order valence-corrected chi connectivity index (χ1v) is 5.43. The zero-order valence-electron chi connectivity index (χ0n) is 10.0. The molecule has 1 aromatic carbocycles. The Balaban J connectivity index is 2.23. The molecule has 1 heterocycles. The Morgan fingerprint density at radius 3 is 2.59 bits per heavy atom. The third-order valence-corrected chi connectivity index (χ3v) is 3.02. The minimum Gasteiger partial charge on any atom is -0.497 e. The van der Waals surface area contributed by atoms with Gasteiger partial charge in [0.1, 0.15) is 16.9 Å². The van der Waals surface area contributed by atoms with E-state index in [4.69, 9.17) is 19.5 Å². The van der Waals surface area contributed by atoms with Gasteiger partial charge in [0.15, 0.2) is 0 Å². The molecule has 1 saturated heterocycles. The van der Waals surface area contributed by atoms with Crippen molar-refractivity contribution in [1.29, 1.82) is 5.26 Å². The molecule has 4 nitrogen and oxygen atoms in total. The minimum atomic E-state index is -0.387. The van der Waals surface area contributed by atoms with E-state index in [1.807, 2.05) is 18.2 Å². The Labute approximate surface area is 101 Å². The number of nitrogens with zero attached hydrogens (tertiary/aromatic N) is 1. The predicted octanol–water partition coefficient (Wildman–Crippen LogP) is 1.79. The summed E-state index contributed by atoms with van der Waals surface area (Å²) in [5.74, 6) is 1.51. The zero-order chi connectivity index (χ0) is 12.3. The normalized spacial score (nSPS) is 16.8. The molecule has 90 valence electrons. The number of hydrogen-bond donors (Lipinski definition) is 0. The summed E-state index contributed by atoms with van der Waals surface area (Å²) < 4.78 is 15.6. The summed E-state index contributed by atoms with van der Waals surface area (Å²) in [4.78, 5) is 0. The SMILES string of the molecule is COc1ccc(CC2(C#N)COC2)c(OC)c1. The zero-order valence-corrected chi connectivity index (χ0v) is 10.0. The van der Waals surface area contributed by atoms with Crippen molar-refractivity contribution in [1.82, 2.24) is 0 Å². The van der Waals surface area contributed by atoms with E-state index in [2.05, 4.69) is 6.07 Å². The summed E-state index contributed by atoms with van der Waals surface area (Å²) in [6, 6.07) is 7.98.